The minimum absolute atomic E-state index is 0.115. The molecule has 0 radical (unpaired) electrons. The molecule has 7 nitrogen and oxygen atoms in total. The van der Waals surface area contributed by atoms with Gasteiger partial charge >= 0.3 is 0 Å². The first kappa shape index (κ1) is 19.7. The average Bonchev–Trinajstić information content (AvgIpc) is 3.44. The molecule has 0 aliphatic carbocycles. The summed E-state index contributed by atoms with van der Waals surface area (Å²) in [7, 11) is 0. The molecule has 2 aliphatic heterocycles. The van der Waals surface area contributed by atoms with Gasteiger partial charge in [0.25, 0.3) is 5.91 Å². The van der Waals surface area contributed by atoms with Gasteiger partial charge in [-0.15, -0.1) is 11.3 Å². The van der Waals surface area contributed by atoms with Crippen LogP contribution in [-0.2, 0) is 9.59 Å². The highest BCUT2D eigenvalue weighted by Crippen LogP contribution is 2.33. The highest BCUT2D eigenvalue weighted by Gasteiger charge is 2.37. The second-order valence-electron chi connectivity index (χ2n) is 7.96. The predicted octanol–water partition coefficient (Wildman–Crippen LogP) is 3.12. The molecule has 31 heavy (non-hydrogen) atoms. The van der Waals surface area contributed by atoms with Crippen molar-refractivity contribution in [3.8, 4) is 0 Å². The normalized spacial score (nSPS) is 21.4. The number of benzene rings is 2. The van der Waals surface area contributed by atoms with Gasteiger partial charge in [0.1, 0.15) is 11.8 Å². The molecular formula is C23H23N5O2S. The van der Waals surface area contributed by atoms with Gasteiger partial charge in [0.15, 0.2) is 0 Å². The van der Waals surface area contributed by atoms with E-state index in [1.54, 1.807) is 16.3 Å². The van der Waals surface area contributed by atoms with Gasteiger partial charge in [-0.05, 0) is 37.1 Å². The Morgan fingerprint density at radius 2 is 1.84 bits per heavy atom. The highest BCUT2D eigenvalue weighted by atomic mass is 32.1. The SMILES string of the molecule is NC(=O)[C@H]1CC(C(=O)N2CCC[C@@H](c3nc4ccccc4s3)C2)=NN1c1ccccc1. The minimum Gasteiger partial charge on any atom is -0.368 e. The zero-order valence-electron chi connectivity index (χ0n) is 17.0. The minimum atomic E-state index is -0.647. The summed E-state index contributed by atoms with van der Waals surface area (Å²) in [6, 6.07) is 16.8. The topological polar surface area (TPSA) is 91.9 Å². The molecule has 2 amide bonds. The smallest absolute Gasteiger partial charge is 0.270 e. The summed E-state index contributed by atoms with van der Waals surface area (Å²) in [5, 5.41) is 7.16. The largest absolute Gasteiger partial charge is 0.368 e. The number of thiazole rings is 1. The number of fused-ring (bicyclic) bond motifs is 1. The molecule has 8 heteroatoms. The Hall–Kier alpha value is -3.26. The van der Waals surface area contributed by atoms with Crippen LogP contribution in [0.2, 0.25) is 0 Å². The Morgan fingerprint density at radius 1 is 1.06 bits per heavy atom. The Bertz CT molecular complexity index is 1130. The summed E-state index contributed by atoms with van der Waals surface area (Å²) in [4.78, 5) is 32.0. The standard InChI is InChI=1S/C23H23N5O2S/c24-21(29)19-13-18(26-28(19)16-8-2-1-3-9-16)23(30)27-12-6-7-15(14-27)22-25-17-10-4-5-11-20(17)31-22/h1-5,8-11,15,19H,6-7,12-14H2,(H2,24,29)/t15-,19-/m1/s1. The fourth-order valence-electron chi connectivity index (χ4n) is 4.29. The van der Waals surface area contributed by atoms with Crippen molar-refractivity contribution < 1.29 is 9.59 Å². The number of aromatic nitrogens is 1. The third kappa shape index (κ3) is 3.79. The van der Waals surface area contributed by atoms with Gasteiger partial charge in [-0.25, -0.2) is 4.98 Å². The predicted molar refractivity (Wildman–Crippen MR) is 122 cm³/mol. The number of para-hydroxylation sites is 2. The van der Waals surface area contributed by atoms with Crippen molar-refractivity contribution in [2.75, 3.05) is 18.1 Å². The van der Waals surface area contributed by atoms with E-state index in [2.05, 4.69) is 11.2 Å². The first-order valence-corrected chi connectivity index (χ1v) is 11.3. The Morgan fingerprint density at radius 3 is 2.61 bits per heavy atom. The van der Waals surface area contributed by atoms with Crippen LogP contribution in [0.4, 0.5) is 5.69 Å². The van der Waals surface area contributed by atoms with Crippen molar-refractivity contribution in [1.29, 1.82) is 0 Å². The number of nitrogens with two attached hydrogens (primary N) is 1. The maximum absolute atomic E-state index is 13.3. The third-order valence-electron chi connectivity index (χ3n) is 5.87. The van der Waals surface area contributed by atoms with Crippen LogP contribution in [0, 0.1) is 0 Å². The molecule has 2 atom stereocenters. The average molecular weight is 434 g/mol. The summed E-state index contributed by atoms with van der Waals surface area (Å²) in [5.74, 6) is -0.383. The summed E-state index contributed by atoms with van der Waals surface area (Å²) in [5.41, 5.74) is 7.76. The Labute approximate surface area is 184 Å². The number of hydrogen-bond acceptors (Lipinski definition) is 6. The van der Waals surface area contributed by atoms with Gasteiger partial charge in [-0.3, -0.25) is 14.6 Å². The molecule has 3 heterocycles. The fourth-order valence-corrected chi connectivity index (χ4v) is 5.38. The van der Waals surface area contributed by atoms with E-state index in [1.807, 2.05) is 53.4 Å². The van der Waals surface area contributed by atoms with Crippen LogP contribution in [0.3, 0.4) is 0 Å². The second-order valence-corrected chi connectivity index (χ2v) is 9.02. The highest BCUT2D eigenvalue weighted by molar-refractivity contribution is 7.18. The van der Waals surface area contributed by atoms with E-state index in [9.17, 15) is 9.59 Å². The summed E-state index contributed by atoms with van der Waals surface area (Å²) >= 11 is 1.70. The molecule has 2 aromatic carbocycles. The molecule has 158 valence electrons. The van der Waals surface area contributed by atoms with Crippen molar-refractivity contribution >= 4 is 44.8 Å². The summed E-state index contributed by atoms with van der Waals surface area (Å²) in [6.45, 7) is 1.30. The number of carbonyl (C=O) groups is 2. The lowest BCUT2D eigenvalue weighted by atomic mass is 9.98. The molecule has 1 aromatic heterocycles. The zero-order chi connectivity index (χ0) is 21.4. The number of primary amides is 1. The van der Waals surface area contributed by atoms with Crippen LogP contribution in [0.25, 0.3) is 10.2 Å². The summed E-state index contributed by atoms with van der Waals surface area (Å²) < 4.78 is 1.17. The molecule has 0 unspecified atom stereocenters. The molecule has 0 spiro atoms. The van der Waals surface area contributed by atoms with Gasteiger partial charge in [-0.1, -0.05) is 30.3 Å². The number of rotatable bonds is 4. The lowest BCUT2D eigenvalue weighted by Crippen LogP contribution is -2.43. The third-order valence-corrected chi connectivity index (χ3v) is 7.07. The first-order chi connectivity index (χ1) is 15.1. The Balaban J connectivity index is 1.36. The van der Waals surface area contributed by atoms with E-state index in [0.29, 0.717) is 18.8 Å². The molecular weight excluding hydrogens is 410 g/mol. The maximum Gasteiger partial charge on any atom is 0.270 e. The van der Waals surface area contributed by atoms with Crippen LogP contribution in [0.15, 0.2) is 59.7 Å². The molecule has 1 fully saturated rings. The van der Waals surface area contributed by atoms with Gasteiger partial charge < -0.3 is 10.6 Å². The lowest BCUT2D eigenvalue weighted by molar-refractivity contribution is -0.125. The molecule has 2 N–H and O–H groups in total. The fraction of sp³-hybridized carbons (Fsp3) is 0.304. The first-order valence-electron chi connectivity index (χ1n) is 10.5. The van der Waals surface area contributed by atoms with Crippen molar-refractivity contribution in [3.63, 3.8) is 0 Å². The zero-order valence-corrected chi connectivity index (χ0v) is 17.8. The quantitative estimate of drug-likeness (QED) is 0.684. The van der Waals surface area contributed by atoms with Crippen LogP contribution in [-0.4, -0.2) is 46.5 Å². The van der Waals surface area contributed by atoms with Crippen molar-refractivity contribution in [3.05, 3.63) is 59.6 Å². The molecule has 3 aromatic rings. The number of piperidine rings is 1. The van der Waals surface area contributed by atoms with E-state index >= 15 is 0 Å². The molecule has 1 saturated heterocycles. The van der Waals surface area contributed by atoms with Crippen LogP contribution < -0.4 is 10.7 Å². The number of anilines is 1. The Kier molecular flexibility index (Phi) is 5.15. The lowest BCUT2D eigenvalue weighted by Gasteiger charge is -2.31. The van der Waals surface area contributed by atoms with Crippen LogP contribution in [0.5, 0.6) is 0 Å². The van der Waals surface area contributed by atoms with Crippen LogP contribution >= 0.6 is 11.3 Å². The summed E-state index contributed by atoms with van der Waals surface area (Å²) in [6.07, 6.45) is 2.16. The number of hydrazone groups is 1. The van der Waals surface area contributed by atoms with E-state index in [1.165, 1.54) is 4.70 Å². The van der Waals surface area contributed by atoms with Crippen LogP contribution in [0.1, 0.15) is 30.2 Å². The molecule has 0 saturated carbocycles. The van der Waals surface area contributed by atoms with E-state index in [-0.39, 0.29) is 18.2 Å². The van der Waals surface area contributed by atoms with E-state index < -0.39 is 11.9 Å². The van der Waals surface area contributed by atoms with Gasteiger partial charge in [-0.2, -0.15) is 5.10 Å². The molecule has 2 aliphatic rings. The van der Waals surface area contributed by atoms with Gasteiger partial charge in [0, 0.05) is 25.4 Å². The monoisotopic (exact) mass is 433 g/mol. The van der Waals surface area contributed by atoms with E-state index in [0.717, 1.165) is 29.1 Å². The number of likely N-dealkylation sites (tertiary alicyclic amines) is 1. The number of amides is 2. The maximum atomic E-state index is 13.3. The van der Waals surface area contributed by atoms with Crippen molar-refractivity contribution in [2.24, 2.45) is 10.8 Å². The number of nitrogens with zero attached hydrogens (tertiary/aromatic N) is 4. The van der Waals surface area contributed by atoms with Crippen molar-refractivity contribution in [1.82, 2.24) is 9.88 Å². The van der Waals surface area contributed by atoms with E-state index in [4.69, 9.17) is 10.7 Å². The van der Waals surface area contributed by atoms with Crippen molar-refractivity contribution in [2.45, 2.75) is 31.2 Å². The molecule has 0 bridgehead atoms. The molecule has 5 rings (SSSR count). The van der Waals surface area contributed by atoms with Gasteiger partial charge in [0.05, 0.1) is 20.9 Å². The van der Waals surface area contributed by atoms with Gasteiger partial charge in [0.2, 0.25) is 5.91 Å². The second kappa shape index (κ2) is 8.11. The number of carbonyl (C=O) groups excluding carboxylic acids is 2. The number of hydrogen-bond donors (Lipinski definition) is 1.